The second kappa shape index (κ2) is 21.3. The van der Waals surface area contributed by atoms with Crippen molar-refractivity contribution in [2.24, 2.45) is 0 Å². The van der Waals surface area contributed by atoms with Crippen LogP contribution in [0.1, 0.15) is 132 Å². The lowest BCUT2D eigenvalue weighted by Crippen LogP contribution is -2.61. The molecule has 0 aliphatic carbocycles. The lowest BCUT2D eigenvalue weighted by molar-refractivity contribution is 0.590. The van der Waals surface area contributed by atoms with Gasteiger partial charge in [0.1, 0.15) is 0 Å². The molecular weight excluding hydrogens is 1170 g/mol. The zero-order valence-electron chi connectivity index (χ0n) is 59.1. The van der Waals surface area contributed by atoms with Crippen LogP contribution >= 0.6 is 0 Å². The summed E-state index contributed by atoms with van der Waals surface area (Å²) in [5.41, 5.74) is 26.9. The quantitative estimate of drug-likeness (QED) is 0.121. The molecule has 0 radical (unpaired) electrons. The normalized spacial score (nSPS) is 13.7. The number of fused-ring (bicyclic) bond motifs is 4. The van der Waals surface area contributed by atoms with Crippen LogP contribution < -0.4 is 26.2 Å². The third-order valence-electron chi connectivity index (χ3n) is 21.8. The first-order chi connectivity index (χ1) is 46.2. The largest absolute Gasteiger partial charge is 0.311 e. The van der Waals surface area contributed by atoms with Crippen molar-refractivity contribution in [1.82, 2.24) is 0 Å². The molecule has 0 fully saturated rings. The van der Waals surface area contributed by atoms with Crippen molar-refractivity contribution < 1.29 is 0 Å². The van der Waals surface area contributed by atoms with E-state index in [1.165, 1.54) is 176 Å². The summed E-state index contributed by atoms with van der Waals surface area (Å²) in [6, 6.07) is 95.1. The Labute approximate surface area is 574 Å². The first-order valence-corrected chi connectivity index (χ1v) is 35.1. The first kappa shape index (κ1) is 60.7. The molecule has 474 valence electrons. The summed E-state index contributed by atoms with van der Waals surface area (Å²) in [5, 5.41) is 15.8. The average molecular weight is 1250 g/mol. The van der Waals surface area contributed by atoms with Crippen LogP contribution in [0.4, 0.5) is 34.1 Å². The fourth-order valence-corrected chi connectivity index (χ4v) is 16.3. The minimum atomic E-state index is -0.195. The fourth-order valence-electron chi connectivity index (χ4n) is 16.3. The molecule has 17 rings (SSSR count). The van der Waals surface area contributed by atoms with Gasteiger partial charge in [0.15, 0.2) is 0 Å². The number of anilines is 6. The Morgan fingerprint density at radius 2 is 0.536 bits per heavy atom. The van der Waals surface area contributed by atoms with Gasteiger partial charge in [-0.1, -0.05) is 274 Å². The predicted molar refractivity (Wildman–Crippen MR) is 423 cm³/mol. The van der Waals surface area contributed by atoms with Gasteiger partial charge in [-0.2, -0.15) is 0 Å². The Balaban J connectivity index is 0.992. The van der Waals surface area contributed by atoms with Crippen molar-refractivity contribution in [3.63, 3.8) is 0 Å². The first-order valence-electron chi connectivity index (χ1n) is 35.1. The van der Waals surface area contributed by atoms with Gasteiger partial charge in [-0.05, 0) is 253 Å². The van der Waals surface area contributed by atoms with E-state index in [-0.39, 0.29) is 33.8 Å². The van der Waals surface area contributed by atoms with Gasteiger partial charge >= 0.3 is 0 Å². The van der Waals surface area contributed by atoms with E-state index in [4.69, 9.17) is 0 Å². The van der Waals surface area contributed by atoms with E-state index in [1.54, 1.807) is 0 Å². The van der Waals surface area contributed by atoms with Crippen molar-refractivity contribution in [3.05, 3.63) is 270 Å². The number of hydrogen-bond acceptors (Lipinski definition) is 2. The van der Waals surface area contributed by atoms with Crippen LogP contribution in [-0.4, -0.2) is 6.71 Å². The Hall–Kier alpha value is -9.96. The zero-order valence-corrected chi connectivity index (χ0v) is 59.1. The summed E-state index contributed by atoms with van der Waals surface area (Å²) in [7, 11) is 0. The van der Waals surface area contributed by atoms with E-state index in [0.29, 0.717) is 0 Å². The topological polar surface area (TPSA) is 6.48 Å². The van der Waals surface area contributed by atoms with Crippen molar-refractivity contribution in [3.8, 4) is 44.5 Å². The molecule has 2 heterocycles. The van der Waals surface area contributed by atoms with Crippen LogP contribution in [0, 0.1) is 0 Å². The highest BCUT2D eigenvalue weighted by atomic mass is 15.2. The molecule has 15 aromatic carbocycles. The van der Waals surface area contributed by atoms with Crippen LogP contribution in [-0.2, 0) is 27.1 Å². The molecule has 0 N–H and O–H groups in total. The van der Waals surface area contributed by atoms with Gasteiger partial charge in [0.05, 0.1) is 0 Å². The minimum absolute atomic E-state index is 0.0389. The van der Waals surface area contributed by atoms with E-state index < -0.39 is 0 Å². The maximum Gasteiger partial charge on any atom is 0.252 e. The lowest BCUT2D eigenvalue weighted by Gasteiger charge is -2.45. The highest BCUT2D eigenvalue weighted by Crippen LogP contribution is 2.51. The number of rotatable bonds is 6. The summed E-state index contributed by atoms with van der Waals surface area (Å²) in [6.07, 6.45) is 0. The molecule has 15 aromatic rings. The monoisotopic (exact) mass is 1250 g/mol. The van der Waals surface area contributed by atoms with E-state index in [0.717, 1.165) is 11.4 Å². The highest BCUT2D eigenvalue weighted by Gasteiger charge is 2.45. The van der Waals surface area contributed by atoms with E-state index >= 15 is 0 Å². The Morgan fingerprint density at radius 3 is 0.887 bits per heavy atom. The molecule has 0 atom stereocenters. The van der Waals surface area contributed by atoms with Crippen LogP contribution in [0.25, 0.3) is 109 Å². The maximum absolute atomic E-state index is 2.62. The lowest BCUT2D eigenvalue weighted by atomic mass is 9.33. The standard InChI is InChI=1S/C94H85BN2/c1-90(2,3)68-42-62-26-28-64-44-70(92(7,8)9)52-77-75(48-66(46-68)85(62)87(64)77)60-34-40-81-79(50-60)95-80-51-61(76-49-67-47-69(91(4,5)6)43-63-27-29-65-45-71(93(10,11)12)53-78(76)88(65)86(63)67)35-41-82(80)97(74-38-32-59(33-39-74)57-24-20-17-21-25-57)84-55-72(94(13,14)15)54-83(89(84)95)96(81)73-36-30-58(31-37-73)56-22-18-16-19-23-56/h16-55H,1-15H3. The van der Waals surface area contributed by atoms with Gasteiger partial charge in [-0.25, -0.2) is 0 Å². The molecule has 2 nitrogen and oxygen atoms in total. The van der Waals surface area contributed by atoms with Crippen LogP contribution in [0.5, 0.6) is 0 Å². The molecule has 0 spiro atoms. The number of nitrogens with zero attached hydrogens (tertiary/aromatic N) is 2. The van der Waals surface area contributed by atoms with Crippen LogP contribution in [0.15, 0.2) is 243 Å². The molecule has 0 bridgehead atoms. The molecule has 3 heteroatoms. The summed E-state index contributed by atoms with van der Waals surface area (Å²) in [5.74, 6) is 0. The van der Waals surface area contributed by atoms with E-state index in [2.05, 4.69) is 356 Å². The van der Waals surface area contributed by atoms with Gasteiger partial charge in [0, 0.05) is 34.1 Å². The number of benzene rings is 15. The maximum atomic E-state index is 2.62. The smallest absolute Gasteiger partial charge is 0.252 e. The average Bonchev–Trinajstić information content (AvgIpc) is 0.697. The van der Waals surface area contributed by atoms with Gasteiger partial charge < -0.3 is 9.80 Å². The molecule has 0 saturated carbocycles. The highest BCUT2D eigenvalue weighted by molar-refractivity contribution is 7.00. The van der Waals surface area contributed by atoms with Crippen LogP contribution in [0.2, 0.25) is 0 Å². The zero-order chi connectivity index (χ0) is 67.1. The second-order valence-corrected chi connectivity index (χ2v) is 33.5. The van der Waals surface area contributed by atoms with Gasteiger partial charge in [-0.15, -0.1) is 0 Å². The Morgan fingerprint density at radius 1 is 0.237 bits per heavy atom. The second-order valence-electron chi connectivity index (χ2n) is 33.5. The van der Waals surface area contributed by atoms with E-state index in [1.807, 2.05) is 0 Å². The molecule has 0 saturated heterocycles. The van der Waals surface area contributed by atoms with Crippen LogP contribution in [0.3, 0.4) is 0 Å². The van der Waals surface area contributed by atoms with E-state index in [9.17, 15) is 0 Å². The summed E-state index contributed by atoms with van der Waals surface area (Å²) in [4.78, 5) is 5.23. The molecule has 0 amide bonds. The molecule has 0 unspecified atom stereocenters. The fraction of sp³-hybridized carbons (Fsp3) is 0.213. The molecular formula is C94H85BN2. The molecule has 97 heavy (non-hydrogen) atoms. The molecule has 0 aromatic heterocycles. The number of hydrogen-bond donors (Lipinski definition) is 0. The minimum Gasteiger partial charge on any atom is -0.311 e. The predicted octanol–water partition coefficient (Wildman–Crippen LogP) is 24.7. The SMILES string of the molecule is CC(C)(C)c1cc2c3c(c1)N(c1ccc(-c4ccccc4)cc1)c1ccc(-c4cc5cc(C(C)(C)C)cc6ccc7cc(C(C)(C)C)cc4c7c65)cc1B3c1cc(-c3cc4cc(C(C)(C)C)cc5ccc6cc(C(C)(C)C)cc3c6c54)ccc1N2c1ccc(-c2ccccc2)cc1. The Bertz CT molecular complexity index is 5340. The summed E-state index contributed by atoms with van der Waals surface area (Å²) in [6.45, 7) is 35.2. The third kappa shape index (κ3) is 9.88. The summed E-state index contributed by atoms with van der Waals surface area (Å²) >= 11 is 0. The van der Waals surface area contributed by atoms with Crippen molar-refractivity contribution in [2.75, 3.05) is 9.80 Å². The third-order valence-corrected chi connectivity index (χ3v) is 21.8. The van der Waals surface area contributed by atoms with Gasteiger partial charge in [-0.3, -0.25) is 0 Å². The van der Waals surface area contributed by atoms with Crippen molar-refractivity contribution >= 4 is 122 Å². The Kier molecular flexibility index (Phi) is 13.3. The van der Waals surface area contributed by atoms with Gasteiger partial charge in [0.25, 0.3) is 6.71 Å². The van der Waals surface area contributed by atoms with Gasteiger partial charge in [0.2, 0.25) is 0 Å². The molecule has 2 aliphatic heterocycles. The van der Waals surface area contributed by atoms with Crippen molar-refractivity contribution in [2.45, 2.75) is 131 Å². The van der Waals surface area contributed by atoms with Crippen molar-refractivity contribution in [1.29, 1.82) is 0 Å². The summed E-state index contributed by atoms with van der Waals surface area (Å²) < 4.78 is 0. The molecule has 2 aliphatic rings.